The molecule has 0 bridgehead atoms. The summed E-state index contributed by atoms with van der Waals surface area (Å²) in [5.41, 5.74) is 1.32. The van der Waals surface area contributed by atoms with Gasteiger partial charge in [-0.25, -0.2) is 4.98 Å². The first kappa shape index (κ1) is 17.0. The third-order valence-electron chi connectivity index (χ3n) is 4.43. The Labute approximate surface area is 147 Å². The Morgan fingerprint density at radius 3 is 3.00 bits per heavy atom. The third kappa shape index (κ3) is 4.14. The number of aromatic nitrogens is 3. The predicted octanol–water partition coefficient (Wildman–Crippen LogP) is 2.08. The van der Waals surface area contributed by atoms with E-state index in [1.165, 1.54) is 16.9 Å². The van der Waals surface area contributed by atoms with Gasteiger partial charge in [-0.1, -0.05) is 6.92 Å². The van der Waals surface area contributed by atoms with E-state index in [4.69, 9.17) is 0 Å². The summed E-state index contributed by atoms with van der Waals surface area (Å²) < 4.78 is 1.88. The summed E-state index contributed by atoms with van der Waals surface area (Å²) in [6.07, 6.45) is 9.41. The minimum absolute atomic E-state index is 0.666. The van der Waals surface area contributed by atoms with Gasteiger partial charge < -0.3 is 10.2 Å². The van der Waals surface area contributed by atoms with E-state index in [0.29, 0.717) is 5.92 Å². The average Bonchev–Trinajstić information content (AvgIpc) is 3.30. The van der Waals surface area contributed by atoms with Gasteiger partial charge in [0.25, 0.3) is 0 Å². The zero-order valence-corrected chi connectivity index (χ0v) is 15.5. The lowest BCUT2D eigenvalue weighted by Crippen LogP contribution is -2.39. The standard InChI is InChI=1S/C17H26N6S/c1-4-15-9-19-16(24-15)10-20-17(18-2)23-6-5-13(12-23)7-14-8-21-22(3)11-14/h8-9,11,13H,4-7,10,12H2,1-3H3,(H,18,20). The lowest BCUT2D eigenvalue weighted by Gasteiger charge is -2.21. The average molecular weight is 347 g/mol. The van der Waals surface area contributed by atoms with Crippen LogP contribution in [-0.2, 0) is 26.4 Å². The van der Waals surface area contributed by atoms with Gasteiger partial charge in [-0.05, 0) is 30.7 Å². The van der Waals surface area contributed by atoms with Crippen molar-refractivity contribution in [3.8, 4) is 0 Å². The fraction of sp³-hybridized carbons (Fsp3) is 0.588. The second kappa shape index (κ2) is 7.79. The van der Waals surface area contributed by atoms with Crippen LogP contribution in [0, 0.1) is 5.92 Å². The van der Waals surface area contributed by atoms with E-state index < -0.39 is 0 Å². The molecular weight excluding hydrogens is 320 g/mol. The van der Waals surface area contributed by atoms with Crippen LogP contribution < -0.4 is 5.32 Å². The van der Waals surface area contributed by atoms with Crippen molar-refractivity contribution >= 4 is 17.3 Å². The highest BCUT2D eigenvalue weighted by Gasteiger charge is 2.25. The Kier molecular flexibility index (Phi) is 5.50. The normalized spacial score (nSPS) is 18.4. The molecule has 1 atom stereocenters. The van der Waals surface area contributed by atoms with Gasteiger partial charge in [0.2, 0.25) is 0 Å². The molecule has 24 heavy (non-hydrogen) atoms. The first-order chi connectivity index (χ1) is 11.7. The van der Waals surface area contributed by atoms with Crippen LogP contribution in [0.5, 0.6) is 0 Å². The van der Waals surface area contributed by atoms with E-state index in [1.54, 1.807) is 11.3 Å². The molecule has 0 radical (unpaired) electrons. The number of nitrogens with zero attached hydrogens (tertiary/aromatic N) is 5. The van der Waals surface area contributed by atoms with Crippen molar-refractivity contribution in [2.45, 2.75) is 32.7 Å². The maximum Gasteiger partial charge on any atom is 0.194 e. The molecule has 3 heterocycles. The van der Waals surface area contributed by atoms with Crippen molar-refractivity contribution in [3.05, 3.63) is 34.0 Å². The summed E-state index contributed by atoms with van der Waals surface area (Å²) in [6, 6.07) is 0. The number of aryl methyl sites for hydroxylation is 2. The first-order valence-corrected chi connectivity index (χ1v) is 9.36. The first-order valence-electron chi connectivity index (χ1n) is 8.54. The molecule has 7 heteroatoms. The second-order valence-electron chi connectivity index (χ2n) is 6.30. The summed E-state index contributed by atoms with van der Waals surface area (Å²) in [4.78, 5) is 12.6. The van der Waals surface area contributed by atoms with Gasteiger partial charge >= 0.3 is 0 Å². The van der Waals surface area contributed by atoms with Crippen LogP contribution in [0.15, 0.2) is 23.6 Å². The van der Waals surface area contributed by atoms with E-state index in [1.807, 2.05) is 31.2 Å². The Hall–Kier alpha value is -1.89. The number of nitrogens with one attached hydrogen (secondary N) is 1. The fourth-order valence-corrected chi connectivity index (χ4v) is 3.98. The number of likely N-dealkylation sites (tertiary alicyclic amines) is 1. The summed E-state index contributed by atoms with van der Waals surface area (Å²) in [5.74, 6) is 1.65. The largest absolute Gasteiger partial charge is 0.350 e. The number of thiazole rings is 1. The van der Waals surface area contributed by atoms with Gasteiger partial charge in [0.15, 0.2) is 5.96 Å². The van der Waals surface area contributed by atoms with Gasteiger partial charge in [0.1, 0.15) is 5.01 Å². The molecule has 1 saturated heterocycles. The monoisotopic (exact) mass is 346 g/mol. The van der Waals surface area contributed by atoms with E-state index in [2.05, 4.69) is 38.4 Å². The smallest absolute Gasteiger partial charge is 0.194 e. The molecule has 1 N–H and O–H groups in total. The molecule has 0 spiro atoms. The Morgan fingerprint density at radius 2 is 2.33 bits per heavy atom. The van der Waals surface area contributed by atoms with Crippen molar-refractivity contribution in [1.82, 2.24) is 25.0 Å². The highest BCUT2D eigenvalue weighted by Crippen LogP contribution is 2.21. The number of hydrogen-bond donors (Lipinski definition) is 1. The van der Waals surface area contributed by atoms with Crippen LogP contribution in [0.1, 0.15) is 28.8 Å². The molecule has 2 aromatic rings. The van der Waals surface area contributed by atoms with Crippen molar-refractivity contribution in [2.24, 2.45) is 18.0 Å². The topological polar surface area (TPSA) is 58.3 Å². The van der Waals surface area contributed by atoms with Crippen molar-refractivity contribution < 1.29 is 0 Å². The maximum absolute atomic E-state index is 4.47. The zero-order chi connectivity index (χ0) is 16.9. The van der Waals surface area contributed by atoms with Crippen LogP contribution in [-0.4, -0.2) is 45.8 Å². The van der Waals surface area contributed by atoms with E-state index >= 15 is 0 Å². The molecule has 0 aromatic carbocycles. The fourth-order valence-electron chi connectivity index (χ4n) is 3.18. The van der Waals surface area contributed by atoms with Crippen molar-refractivity contribution in [2.75, 3.05) is 20.1 Å². The van der Waals surface area contributed by atoms with E-state index in [9.17, 15) is 0 Å². The molecule has 1 fully saturated rings. The highest BCUT2D eigenvalue weighted by molar-refractivity contribution is 7.11. The molecule has 1 aliphatic rings. The SMILES string of the molecule is CCc1cnc(CNC(=NC)N2CCC(Cc3cnn(C)c3)C2)s1. The van der Waals surface area contributed by atoms with E-state index in [0.717, 1.165) is 43.4 Å². The summed E-state index contributed by atoms with van der Waals surface area (Å²) in [7, 11) is 3.83. The third-order valence-corrected chi connectivity index (χ3v) is 5.57. The molecule has 3 rings (SSSR count). The van der Waals surface area contributed by atoms with Gasteiger partial charge in [-0.3, -0.25) is 9.67 Å². The van der Waals surface area contributed by atoms with Crippen LogP contribution >= 0.6 is 11.3 Å². The molecular formula is C17H26N6S. The lowest BCUT2D eigenvalue weighted by atomic mass is 10.0. The zero-order valence-electron chi connectivity index (χ0n) is 14.7. The van der Waals surface area contributed by atoms with E-state index in [-0.39, 0.29) is 0 Å². The number of rotatable bonds is 5. The number of hydrogen-bond acceptors (Lipinski definition) is 4. The molecule has 130 valence electrons. The van der Waals surface area contributed by atoms with Gasteiger partial charge in [-0.15, -0.1) is 11.3 Å². The molecule has 0 amide bonds. The highest BCUT2D eigenvalue weighted by atomic mass is 32.1. The molecule has 2 aromatic heterocycles. The number of aliphatic imine (C=N–C) groups is 1. The van der Waals surface area contributed by atoms with Crippen LogP contribution in [0.3, 0.4) is 0 Å². The minimum Gasteiger partial charge on any atom is -0.350 e. The minimum atomic E-state index is 0.666. The predicted molar refractivity (Wildman–Crippen MR) is 98.3 cm³/mol. The van der Waals surface area contributed by atoms with Crippen LogP contribution in [0.4, 0.5) is 0 Å². The van der Waals surface area contributed by atoms with Crippen molar-refractivity contribution in [3.63, 3.8) is 0 Å². The second-order valence-corrected chi connectivity index (χ2v) is 7.50. The Bertz CT molecular complexity index is 689. The Morgan fingerprint density at radius 1 is 1.46 bits per heavy atom. The maximum atomic E-state index is 4.47. The molecule has 1 unspecified atom stereocenters. The van der Waals surface area contributed by atoms with Gasteiger partial charge in [-0.2, -0.15) is 5.10 Å². The van der Waals surface area contributed by atoms with Crippen LogP contribution in [0.2, 0.25) is 0 Å². The molecule has 6 nitrogen and oxygen atoms in total. The Balaban J connectivity index is 1.51. The summed E-state index contributed by atoms with van der Waals surface area (Å²) >= 11 is 1.78. The molecule has 0 aliphatic carbocycles. The summed E-state index contributed by atoms with van der Waals surface area (Å²) in [6.45, 7) is 5.02. The van der Waals surface area contributed by atoms with Gasteiger partial charge in [0, 0.05) is 44.5 Å². The molecule has 0 saturated carbocycles. The quantitative estimate of drug-likeness (QED) is 0.665. The molecule has 1 aliphatic heterocycles. The number of guanidine groups is 1. The lowest BCUT2D eigenvalue weighted by molar-refractivity contribution is 0.459. The van der Waals surface area contributed by atoms with Crippen molar-refractivity contribution in [1.29, 1.82) is 0 Å². The van der Waals surface area contributed by atoms with Gasteiger partial charge in [0.05, 0.1) is 12.7 Å². The summed E-state index contributed by atoms with van der Waals surface area (Å²) in [5, 5.41) is 8.85. The van der Waals surface area contributed by atoms with Crippen LogP contribution in [0.25, 0.3) is 0 Å².